The third kappa shape index (κ3) is 2.52. The van der Waals surface area contributed by atoms with Gasteiger partial charge in [-0.25, -0.2) is 9.34 Å². The summed E-state index contributed by atoms with van der Waals surface area (Å²) in [5.41, 5.74) is 0.490. The molecular weight excluding hydrogens is 265 g/mol. The predicted octanol–water partition coefficient (Wildman–Crippen LogP) is 1.16. The van der Waals surface area contributed by atoms with Crippen LogP contribution in [-0.2, 0) is 4.57 Å². The molecule has 6 nitrogen and oxygen atoms in total. The zero-order valence-corrected chi connectivity index (χ0v) is 11.6. The average molecular weight is 281 g/mol. The van der Waals surface area contributed by atoms with E-state index in [9.17, 15) is 9.36 Å². The van der Waals surface area contributed by atoms with Gasteiger partial charge in [-0.15, -0.1) is 0 Å². The Balaban J connectivity index is 1.74. The van der Waals surface area contributed by atoms with Gasteiger partial charge in [0.25, 0.3) is 5.91 Å². The first-order valence-corrected chi connectivity index (χ1v) is 7.82. The Hall–Kier alpha value is -1.36. The summed E-state index contributed by atoms with van der Waals surface area (Å²) >= 11 is 0. The number of nitrogens with zero attached hydrogens (tertiary/aromatic N) is 2. The number of rotatable bonds is 5. The van der Waals surface area contributed by atoms with Crippen LogP contribution in [0.25, 0.3) is 0 Å². The Labute approximate surface area is 111 Å². The molecule has 0 aliphatic carbocycles. The number of nitrogens with one attached hydrogen (secondary N) is 1. The van der Waals surface area contributed by atoms with Gasteiger partial charge in [-0.2, -0.15) is 0 Å². The second-order valence-corrected chi connectivity index (χ2v) is 7.06. The topological polar surface area (TPSA) is 61.4 Å². The van der Waals surface area contributed by atoms with Crippen molar-refractivity contribution in [1.82, 2.24) is 14.4 Å². The molecule has 0 radical (unpaired) electrons. The molecular formula is C12H16N3O3P. The second kappa shape index (κ2) is 4.63. The van der Waals surface area contributed by atoms with Crippen molar-refractivity contribution in [3.05, 3.63) is 29.8 Å². The molecule has 19 heavy (non-hydrogen) atoms. The molecule has 0 bridgehead atoms. The first kappa shape index (κ1) is 12.7. The molecule has 102 valence electrons. The summed E-state index contributed by atoms with van der Waals surface area (Å²) < 4.78 is 21.4. The highest BCUT2D eigenvalue weighted by Crippen LogP contribution is 2.56. The Kier molecular flexibility index (Phi) is 3.09. The summed E-state index contributed by atoms with van der Waals surface area (Å²) in [4.78, 5) is 12.1. The third-order valence-corrected chi connectivity index (χ3v) is 6.04. The molecule has 2 saturated heterocycles. The molecule has 2 fully saturated rings. The molecule has 0 saturated carbocycles. The molecule has 2 heterocycles. The summed E-state index contributed by atoms with van der Waals surface area (Å²) in [6, 6.07) is 6.77. The molecule has 7 heteroatoms. The first-order valence-electron chi connectivity index (χ1n) is 6.21. The number of hydrogen-bond acceptors (Lipinski definition) is 3. The summed E-state index contributed by atoms with van der Waals surface area (Å²) in [6.45, 7) is 3.15. The molecule has 0 aromatic heterocycles. The highest BCUT2D eigenvalue weighted by Gasteiger charge is 2.49. The van der Waals surface area contributed by atoms with Gasteiger partial charge in [0.1, 0.15) is 5.75 Å². The number of carbonyl (C=O) groups excluding carboxylic acids is 1. The Morgan fingerprint density at radius 2 is 1.68 bits per heavy atom. The molecule has 1 amide bonds. The van der Waals surface area contributed by atoms with E-state index in [1.54, 1.807) is 31.4 Å². The normalized spacial score (nSPS) is 19.0. The van der Waals surface area contributed by atoms with Crippen molar-refractivity contribution >= 4 is 13.5 Å². The number of hydrogen-bond donors (Lipinski definition) is 1. The Morgan fingerprint density at radius 3 is 2.11 bits per heavy atom. The summed E-state index contributed by atoms with van der Waals surface area (Å²) in [6.07, 6.45) is 0. The van der Waals surface area contributed by atoms with Crippen LogP contribution >= 0.6 is 7.59 Å². The molecule has 3 rings (SSSR count). The maximum Gasteiger partial charge on any atom is 0.311 e. The van der Waals surface area contributed by atoms with E-state index in [0.717, 1.165) is 26.2 Å². The van der Waals surface area contributed by atoms with Gasteiger partial charge >= 0.3 is 7.59 Å². The van der Waals surface area contributed by atoms with Crippen molar-refractivity contribution in [3.63, 3.8) is 0 Å². The van der Waals surface area contributed by atoms with Crippen LogP contribution in [0.1, 0.15) is 10.4 Å². The maximum absolute atomic E-state index is 12.7. The van der Waals surface area contributed by atoms with Crippen molar-refractivity contribution in [1.29, 1.82) is 0 Å². The molecule has 1 N–H and O–H groups in total. The first-order chi connectivity index (χ1) is 9.13. The second-order valence-electron chi connectivity index (χ2n) is 4.62. The van der Waals surface area contributed by atoms with Crippen LogP contribution in [0.15, 0.2) is 24.3 Å². The highest BCUT2D eigenvalue weighted by molar-refractivity contribution is 7.58. The largest absolute Gasteiger partial charge is 0.497 e. The van der Waals surface area contributed by atoms with Crippen molar-refractivity contribution in [3.8, 4) is 5.75 Å². The van der Waals surface area contributed by atoms with E-state index in [-0.39, 0.29) is 5.91 Å². The van der Waals surface area contributed by atoms with Gasteiger partial charge in [0.05, 0.1) is 7.11 Å². The lowest BCUT2D eigenvalue weighted by Crippen LogP contribution is -2.27. The Morgan fingerprint density at radius 1 is 1.16 bits per heavy atom. The van der Waals surface area contributed by atoms with E-state index < -0.39 is 7.59 Å². The van der Waals surface area contributed by atoms with Crippen LogP contribution in [0.2, 0.25) is 0 Å². The minimum Gasteiger partial charge on any atom is -0.497 e. The monoisotopic (exact) mass is 281 g/mol. The number of benzene rings is 1. The van der Waals surface area contributed by atoms with Gasteiger partial charge in [0.2, 0.25) is 0 Å². The van der Waals surface area contributed by atoms with Crippen molar-refractivity contribution in [2.75, 3.05) is 33.3 Å². The Bertz CT molecular complexity index is 522. The molecule has 0 atom stereocenters. The summed E-state index contributed by atoms with van der Waals surface area (Å²) in [7, 11) is -1.27. The van der Waals surface area contributed by atoms with Crippen molar-refractivity contribution in [2.45, 2.75) is 0 Å². The van der Waals surface area contributed by atoms with E-state index in [1.807, 2.05) is 9.34 Å². The molecule has 2 aliphatic rings. The van der Waals surface area contributed by atoms with Crippen molar-refractivity contribution in [2.24, 2.45) is 0 Å². The van der Waals surface area contributed by atoms with E-state index in [0.29, 0.717) is 11.3 Å². The number of methoxy groups -OCH3 is 1. The van der Waals surface area contributed by atoms with Gasteiger partial charge in [0, 0.05) is 31.7 Å². The minimum absolute atomic E-state index is 0.301. The standard InChI is InChI=1S/C12H16N3O3P/c1-18-11-4-2-10(3-5-11)12(16)13-19(17,14-6-7-14)15-8-9-15/h2-5H,6-9H2,1H3,(H,13,16,17). The fourth-order valence-corrected chi connectivity index (χ4v) is 4.19. The van der Waals surface area contributed by atoms with Gasteiger partial charge < -0.3 is 4.74 Å². The third-order valence-electron chi connectivity index (χ3n) is 3.21. The lowest BCUT2D eigenvalue weighted by molar-refractivity contribution is 0.0977. The van der Waals surface area contributed by atoms with E-state index >= 15 is 0 Å². The number of carbonyl (C=O) groups is 1. The summed E-state index contributed by atoms with van der Waals surface area (Å²) in [5, 5.41) is 2.70. The van der Waals surface area contributed by atoms with Crippen LogP contribution < -0.4 is 9.82 Å². The van der Waals surface area contributed by atoms with Crippen LogP contribution in [0.5, 0.6) is 5.75 Å². The molecule has 2 aliphatic heterocycles. The molecule has 1 aromatic carbocycles. The summed E-state index contributed by atoms with van der Waals surface area (Å²) in [5.74, 6) is 0.390. The van der Waals surface area contributed by atoms with Gasteiger partial charge in [-0.05, 0) is 24.3 Å². The zero-order valence-electron chi connectivity index (χ0n) is 10.7. The van der Waals surface area contributed by atoms with Crippen LogP contribution in [0.3, 0.4) is 0 Å². The minimum atomic E-state index is -2.85. The fourth-order valence-electron chi connectivity index (χ4n) is 1.89. The SMILES string of the molecule is COc1ccc(C(=O)NP(=O)(N2CC2)N2CC2)cc1. The number of amides is 1. The van der Waals surface area contributed by atoms with Crippen LogP contribution in [0, 0.1) is 0 Å². The van der Waals surface area contributed by atoms with Crippen LogP contribution in [-0.4, -0.2) is 48.5 Å². The zero-order chi connectivity index (χ0) is 13.5. The maximum atomic E-state index is 12.7. The van der Waals surface area contributed by atoms with E-state index in [1.165, 1.54) is 0 Å². The molecule has 0 spiro atoms. The molecule has 0 unspecified atom stereocenters. The molecule has 1 aromatic rings. The predicted molar refractivity (Wildman–Crippen MR) is 71.2 cm³/mol. The lowest BCUT2D eigenvalue weighted by Gasteiger charge is -2.20. The average Bonchev–Trinajstić information content (AvgIpc) is 3.31. The van der Waals surface area contributed by atoms with Crippen LogP contribution in [0.4, 0.5) is 0 Å². The lowest BCUT2D eigenvalue weighted by atomic mass is 10.2. The van der Waals surface area contributed by atoms with Gasteiger partial charge in [-0.3, -0.25) is 14.4 Å². The number of ether oxygens (including phenoxy) is 1. The van der Waals surface area contributed by atoms with Gasteiger partial charge in [0.15, 0.2) is 0 Å². The smallest absolute Gasteiger partial charge is 0.311 e. The van der Waals surface area contributed by atoms with Gasteiger partial charge in [-0.1, -0.05) is 0 Å². The van der Waals surface area contributed by atoms with Crippen molar-refractivity contribution < 1.29 is 14.1 Å². The van der Waals surface area contributed by atoms with E-state index in [2.05, 4.69) is 5.09 Å². The quantitative estimate of drug-likeness (QED) is 0.648. The van der Waals surface area contributed by atoms with E-state index in [4.69, 9.17) is 4.74 Å². The highest BCUT2D eigenvalue weighted by atomic mass is 31.2. The fraction of sp³-hybridized carbons (Fsp3) is 0.417.